The Morgan fingerprint density at radius 3 is 2.33 bits per heavy atom. The van der Waals surface area contributed by atoms with Crippen LogP contribution in [-0.2, 0) is 18.9 Å². The highest BCUT2D eigenvalue weighted by atomic mass is 16.6. The van der Waals surface area contributed by atoms with Crippen molar-refractivity contribution in [3.8, 4) is 0 Å². The molecule has 0 aliphatic rings. The number of rotatable bonds is 11. The summed E-state index contributed by atoms with van der Waals surface area (Å²) in [6.45, 7) is 11.5. The highest BCUT2D eigenvalue weighted by molar-refractivity contribution is 4.55. The largest absolute Gasteiger partial charge is 0.499 e. The number of hydrogen-bond acceptors (Lipinski definition) is 4. The Kier molecular flexibility index (Phi) is 10.3. The predicted octanol–water partition coefficient (Wildman–Crippen LogP) is 1.73. The Hall–Kier alpha value is -1.00. The normalized spacial score (nSPS) is 11.8. The van der Waals surface area contributed by atoms with E-state index in [1.165, 1.54) is 12.5 Å². The standard InChI is InChI=1S/C11H20O4/c1-4-12-6-7-13-8-9-14-10-11(3)15-5-2/h4-5,11H,1-2,6-10H2,3H3. The first kappa shape index (κ1) is 14.0. The summed E-state index contributed by atoms with van der Waals surface area (Å²) in [5.41, 5.74) is 0. The summed E-state index contributed by atoms with van der Waals surface area (Å²) >= 11 is 0. The maximum atomic E-state index is 5.30. The van der Waals surface area contributed by atoms with Crippen molar-refractivity contribution in [1.29, 1.82) is 0 Å². The summed E-state index contributed by atoms with van der Waals surface area (Å²) in [5.74, 6) is 0. The van der Waals surface area contributed by atoms with Crippen LogP contribution in [0.4, 0.5) is 0 Å². The zero-order valence-electron chi connectivity index (χ0n) is 9.31. The zero-order chi connectivity index (χ0) is 11.4. The average molecular weight is 216 g/mol. The maximum absolute atomic E-state index is 5.30. The summed E-state index contributed by atoms with van der Waals surface area (Å²) in [4.78, 5) is 0. The summed E-state index contributed by atoms with van der Waals surface area (Å²) in [5, 5.41) is 0. The van der Waals surface area contributed by atoms with Gasteiger partial charge in [0.15, 0.2) is 0 Å². The third kappa shape index (κ3) is 10.9. The molecule has 0 fully saturated rings. The first-order valence-corrected chi connectivity index (χ1v) is 4.95. The van der Waals surface area contributed by atoms with Crippen molar-refractivity contribution in [3.05, 3.63) is 25.7 Å². The molecule has 0 aromatic carbocycles. The summed E-state index contributed by atoms with van der Waals surface area (Å²) < 4.78 is 20.5. The van der Waals surface area contributed by atoms with Gasteiger partial charge in [-0.1, -0.05) is 13.2 Å². The predicted molar refractivity (Wildman–Crippen MR) is 58.5 cm³/mol. The molecule has 15 heavy (non-hydrogen) atoms. The molecule has 0 aromatic heterocycles. The second-order valence-corrected chi connectivity index (χ2v) is 2.84. The van der Waals surface area contributed by atoms with Crippen LogP contribution in [0.5, 0.6) is 0 Å². The van der Waals surface area contributed by atoms with Crippen molar-refractivity contribution < 1.29 is 18.9 Å². The summed E-state index contributed by atoms with van der Waals surface area (Å²) in [7, 11) is 0. The molecule has 0 saturated heterocycles. The maximum Gasteiger partial charge on any atom is 0.118 e. The highest BCUT2D eigenvalue weighted by Gasteiger charge is 1.99. The first-order valence-electron chi connectivity index (χ1n) is 4.95. The minimum atomic E-state index is 0.0339. The molecular formula is C11H20O4. The van der Waals surface area contributed by atoms with Crippen molar-refractivity contribution in [2.45, 2.75) is 13.0 Å². The van der Waals surface area contributed by atoms with Crippen LogP contribution in [-0.4, -0.2) is 39.1 Å². The van der Waals surface area contributed by atoms with Gasteiger partial charge in [0.25, 0.3) is 0 Å². The lowest BCUT2D eigenvalue weighted by atomic mass is 10.4. The minimum absolute atomic E-state index is 0.0339. The van der Waals surface area contributed by atoms with Gasteiger partial charge in [0.2, 0.25) is 0 Å². The third-order valence-corrected chi connectivity index (χ3v) is 1.52. The van der Waals surface area contributed by atoms with Gasteiger partial charge in [-0.05, 0) is 6.92 Å². The molecular weight excluding hydrogens is 196 g/mol. The molecule has 0 saturated carbocycles. The van der Waals surface area contributed by atoms with Crippen molar-refractivity contribution >= 4 is 0 Å². The molecule has 4 heteroatoms. The van der Waals surface area contributed by atoms with E-state index >= 15 is 0 Å². The van der Waals surface area contributed by atoms with Gasteiger partial charge in [0.05, 0.1) is 39.0 Å². The Labute approximate surface area is 91.5 Å². The third-order valence-electron chi connectivity index (χ3n) is 1.52. The monoisotopic (exact) mass is 216 g/mol. The first-order chi connectivity index (χ1) is 7.31. The zero-order valence-corrected chi connectivity index (χ0v) is 9.31. The molecule has 1 unspecified atom stereocenters. The van der Waals surface area contributed by atoms with Gasteiger partial charge in [0, 0.05) is 0 Å². The number of ether oxygens (including phenoxy) is 4. The van der Waals surface area contributed by atoms with Crippen LogP contribution in [0.1, 0.15) is 6.92 Å². The lowest BCUT2D eigenvalue weighted by Crippen LogP contribution is -2.16. The fourth-order valence-electron chi connectivity index (χ4n) is 0.863. The van der Waals surface area contributed by atoms with Gasteiger partial charge in [-0.3, -0.25) is 0 Å². The molecule has 0 N–H and O–H groups in total. The van der Waals surface area contributed by atoms with Crippen molar-refractivity contribution in [1.82, 2.24) is 0 Å². The van der Waals surface area contributed by atoms with Crippen LogP contribution in [0.2, 0.25) is 0 Å². The lowest BCUT2D eigenvalue weighted by Gasteiger charge is -2.11. The molecule has 88 valence electrons. The molecule has 0 spiro atoms. The molecule has 0 rings (SSSR count). The molecule has 0 aromatic rings. The Balaban J connectivity index is 3.04. The van der Waals surface area contributed by atoms with E-state index in [4.69, 9.17) is 18.9 Å². The SMILES string of the molecule is C=COCCOCCOCC(C)OC=C. The van der Waals surface area contributed by atoms with Gasteiger partial charge >= 0.3 is 0 Å². The quantitative estimate of drug-likeness (QED) is 0.389. The van der Waals surface area contributed by atoms with Crippen molar-refractivity contribution in [3.63, 3.8) is 0 Å². The number of hydrogen-bond donors (Lipinski definition) is 0. The van der Waals surface area contributed by atoms with Gasteiger partial charge < -0.3 is 18.9 Å². The second-order valence-electron chi connectivity index (χ2n) is 2.84. The molecule has 0 bridgehead atoms. The Bertz CT molecular complexity index is 159. The second kappa shape index (κ2) is 11.1. The van der Waals surface area contributed by atoms with E-state index in [9.17, 15) is 0 Å². The van der Waals surface area contributed by atoms with E-state index in [0.29, 0.717) is 33.0 Å². The molecule has 0 radical (unpaired) electrons. The Morgan fingerprint density at radius 1 is 1.00 bits per heavy atom. The summed E-state index contributed by atoms with van der Waals surface area (Å²) in [6, 6.07) is 0. The van der Waals surface area contributed by atoms with Crippen molar-refractivity contribution in [2.24, 2.45) is 0 Å². The van der Waals surface area contributed by atoms with E-state index in [1.807, 2.05) is 6.92 Å². The van der Waals surface area contributed by atoms with E-state index in [-0.39, 0.29) is 6.10 Å². The molecule has 0 amide bonds. The van der Waals surface area contributed by atoms with Crippen LogP contribution in [0.25, 0.3) is 0 Å². The van der Waals surface area contributed by atoms with E-state index in [1.54, 1.807) is 0 Å². The minimum Gasteiger partial charge on any atom is -0.499 e. The van der Waals surface area contributed by atoms with Crippen LogP contribution in [0, 0.1) is 0 Å². The van der Waals surface area contributed by atoms with Gasteiger partial charge in [-0.25, -0.2) is 0 Å². The van der Waals surface area contributed by atoms with E-state index < -0.39 is 0 Å². The highest BCUT2D eigenvalue weighted by Crippen LogP contribution is 1.91. The fourth-order valence-corrected chi connectivity index (χ4v) is 0.863. The molecule has 4 nitrogen and oxygen atoms in total. The van der Waals surface area contributed by atoms with Gasteiger partial charge in [0.1, 0.15) is 12.7 Å². The van der Waals surface area contributed by atoms with E-state index in [0.717, 1.165) is 0 Å². The van der Waals surface area contributed by atoms with Crippen LogP contribution in [0.3, 0.4) is 0 Å². The van der Waals surface area contributed by atoms with Gasteiger partial charge in [-0.2, -0.15) is 0 Å². The fraction of sp³-hybridized carbons (Fsp3) is 0.636. The lowest BCUT2D eigenvalue weighted by molar-refractivity contribution is -0.00194. The average Bonchev–Trinajstić information content (AvgIpc) is 2.22. The summed E-state index contributed by atoms with van der Waals surface area (Å²) in [6.07, 6.45) is 2.84. The Morgan fingerprint density at radius 2 is 1.67 bits per heavy atom. The van der Waals surface area contributed by atoms with Crippen LogP contribution < -0.4 is 0 Å². The molecule has 0 aliphatic heterocycles. The smallest absolute Gasteiger partial charge is 0.118 e. The van der Waals surface area contributed by atoms with Crippen LogP contribution >= 0.6 is 0 Å². The molecule has 0 aliphatic carbocycles. The molecule has 0 heterocycles. The molecule has 1 atom stereocenters. The van der Waals surface area contributed by atoms with Crippen molar-refractivity contribution in [2.75, 3.05) is 33.0 Å². The van der Waals surface area contributed by atoms with E-state index in [2.05, 4.69) is 13.2 Å². The van der Waals surface area contributed by atoms with Crippen LogP contribution in [0.15, 0.2) is 25.7 Å². The van der Waals surface area contributed by atoms with Gasteiger partial charge in [-0.15, -0.1) is 0 Å². The topological polar surface area (TPSA) is 36.9 Å².